The van der Waals surface area contributed by atoms with E-state index in [-0.39, 0.29) is 12.5 Å². The summed E-state index contributed by atoms with van der Waals surface area (Å²) in [7, 11) is 0. The molecule has 5 rings (SSSR count). The molecule has 32 heavy (non-hydrogen) atoms. The quantitative estimate of drug-likeness (QED) is 0.582. The molecule has 1 unspecified atom stereocenters. The third kappa shape index (κ3) is 3.42. The molecule has 2 heterocycles. The minimum absolute atomic E-state index is 0.319. The Bertz CT molecular complexity index is 1280. The number of anilines is 1. The van der Waals surface area contributed by atoms with Crippen LogP contribution in [0, 0.1) is 0 Å². The van der Waals surface area contributed by atoms with Crippen LogP contribution in [0.4, 0.5) is 10.5 Å². The summed E-state index contributed by atoms with van der Waals surface area (Å²) in [5, 5.41) is 5.34. The highest BCUT2D eigenvalue weighted by molar-refractivity contribution is 7.99. The van der Waals surface area contributed by atoms with Crippen molar-refractivity contribution in [3.63, 3.8) is 0 Å². The van der Waals surface area contributed by atoms with E-state index in [4.69, 9.17) is 11.6 Å². The van der Waals surface area contributed by atoms with Gasteiger partial charge in [0.25, 0.3) is 5.91 Å². The number of urea groups is 1. The van der Waals surface area contributed by atoms with Gasteiger partial charge in [-0.25, -0.2) is 4.79 Å². The lowest BCUT2D eigenvalue weighted by molar-refractivity contribution is -0.134. The normalized spacial score (nSPS) is 20.4. The molecule has 1 saturated heterocycles. The van der Waals surface area contributed by atoms with Crippen molar-refractivity contribution < 1.29 is 14.4 Å². The molecule has 0 aromatic heterocycles. The van der Waals surface area contributed by atoms with Crippen LogP contribution < -0.4 is 10.2 Å². The number of carbonyl (C=O) groups is 3. The van der Waals surface area contributed by atoms with Crippen LogP contribution in [-0.4, -0.2) is 41.6 Å². The molecule has 1 fully saturated rings. The SMILES string of the molecule is CC1(c2ccc3ccccc3c2)NC(=O)N(CC(=O)N2CCSc3ccc(Cl)cc32)C1=O. The third-order valence-corrected chi connectivity index (χ3v) is 7.26. The first-order chi connectivity index (χ1) is 15.4. The Morgan fingerprint density at radius 2 is 1.88 bits per heavy atom. The Morgan fingerprint density at radius 3 is 2.69 bits per heavy atom. The van der Waals surface area contributed by atoms with Gasteiger partial charge >= 0.3 is 6.03 Å². The van der Waals surface area contributed by atoms with Gasteiger partial charge in [0.1, 0.15) is 12.1 Å². The summed E-state index contributed by atoms with van der Waals surface area (Å²) in [5.74, 6) is -0.0288. The van der Waals surface area contributed by atoms with Crippen LogP contribution in [0.2, 0.25) is 5.02 Å². The van der Waals surface area contributed by atoms with Gasteiger partial charge in [0.15, 0.2) is 0 Å². The fraction of sp³-hybridized carbons (Fsp3) is 0.208. The summed E-state index contributed by atoms with van der Waals surface area (Å²) in [5.41, 5.74) is 0.152. The Morgan fingerprint density at radius 1 is 1.09 bits per heavy atom. The van der Waals surface area contributed by atoms with Gasteiger partial charge in [0.05, 0.1) is 5.69 Å². The Hall–Kier alpha value is -3.03. The lowest BCUT2D eigenvalue weighted by atomic mass is 9.90. The molecule has 2 aliphatic rings. The molecule has 1 N–H and O–H groups in total. The molecule has 2 aliphatic heterocycles. The fourth-order valence-corrected chi connectivity index (χ4v) is 5.35. The predicted molar refractivity (Wildman–Crippen MR) is 126 cm³/mol. The van der Waals surface area contributed by atoms with Crippen LogP contribution in [0.25, 0.3) is 10.8 Å². The molecule has 1 atom stereocenters. The highest BCUT2D eigenvalue weighted by atomic mass is 35.5. The van der Waals surface area contributed by atoms with E-state index >= 15 is 0 Å². The number of hydrogen-bond acceptors (Lipinski definition) is 4. The van der Waals surface area contributed by atoms with Gasteiger partial charge in [-0.15, -0.1) is 11.8 Å². The van der Waals surface area contributed by atoms with Crippen molar-refractivity contribution >= 4 is 57.7 Å². The van der Waals surface area contributed by atoms with Crippen molar-refractivity contribution in [2.24, 2.45) is 0 Å². The van der Waals surface area contributed by atoms with E-state index in [1.54, 1.807) is 35.7 Å². The molecule has 0 bridgehead atoms. The Kier molecular flexibility index (Phi) is 5.10. The number of thioether (sulfide) groups is 1. The second-order valence-corrected chi connectivity index (χ2v) is 9.59. The molecule has 0 spiro atoms. The number of halogens is 1. The molecule has 4 amide bonds. The predicted octanol–water partition coefficient (Wildman–Crippen LogP) is 4.40. The summed E-state index contributed by atoms with van der Waals surface area (Å²) in [6.07, 6.45) is 0. The van der Waals surface area contributed by atoms with Crippen molar-refractivity contribution in [1.29, 1.82) is 0 Å². The number of amides is 4. The highest BCUT2D eigenvalue weighted by Crippen LogP contribution is 2.37. The number of rotatable bonds is 3. The zero-order chi connectivity index (χ0) is 22.5. The van der Waals surface area contributed by atoms with Gasteiger partial charge in [0.2, 0.25) is 5.91 Å². The van der Waals surface area contributed by atoms with E-state index in [2.05, 4.69) is 5.32 Å². The maximum atomic E-state index is 13.3. The molecule has 0 aliphatic carbocycles. The molecular formula is C24H20ClN3O3S. The van der Waals surface area contributed by atoms with Crippen LogP contribution in [0.15, 0.2) is 65.6 Å². The zero-order valence-corrected chi connectivity index (χ0v) is 18.9. The van der Waals surface area contributed by atoms with Gasteiger partial charge in [-0.1, -0.05) is 48.0 Å². The average Bonchev–Trinajstić information content (AvgIpc) is 3.02. The van der Waals surface area contributed by atoms with Crippen LogP contribution in [0.5, 0.6) is 0 Å². The Balaban J connectivity index is 1.41. The smallest absolute Gasteiger partial charge is 0.319 e. The third-order valence-electron chi connectivity index (χ3n) is 5.98. The number of nitrogens with zero attached hydrogens (tertiary/aromatic N) is 2. The number of hydrogen-bond donors (Lipinski definition) is 1. The number of carbonyl (C=O) groups excluding carboxylic acids is 3. The molecule has 0 saturated carbocycles. The number of fused-ring (bicyclic) bond motifs is 2. The van der Waals surface area contributed by atoms with Gasteiger partial charge in [-0.05, 0) is 47.5 Å². The first-order valence-corrected chi connectivity index (χ1v) is 11.6. The average molecular weight is 466 g/mol. The minimum Gasteiger partial charge on any atom is -0.319 e. The highest BCUT2D eigenvalue weighted by Gasteiger charge is 2.50. The maximum Gasteiger partial charge on any atom is 0.325 e. The lowest BCUT2D eigenvalue weighted by Gasteiger charge is -2.30. The van der Waals surface area contributed by atoms with Crippen LogP contribution in [-0.2, 0) is 15.1 Å². The largest absolute Gasteiger partial charge is 0.325 e. The van der Waals surface area contributed by atoms with E-state index in [9.17, 15) is 14.4 Å². The van der Waals surface area contributed by atoms with Crippen LogP contribution >= 0.6 is 23.4 Å². The van der Waals surface area contributed by atoms with Crippen LogP contribution in [0.3, 0.4) is 0 Å². The van der Waals surface area contributed by atoms with E-state index < -0.39 is 17.5 Å². The summed E-state index contributed by atoms with van der Waals surface area (Å²) < 4.78 is 0. The molecule has 162 valence electrons. The Labute approximate surface area is 194 Å². The molecule has 6 nitrogen and oxygen atoms in total. The van der Waals surface area contributed by atoms with E-state index in [1.807, 2.05) is 48.5 Å². The topological polar surface area (TPSA) is 69.7 Å². The standard InChI is InChI=1S/C24H20ClN3O3S/c1-24(17-7-6-15-4-2-3-5-16(15)12-17)22(30)28(23(31)26-24)14-21(29)27-10-11-32-20-9-8-18(25)13-19(20)27/h2-9,12-13H,10-11,14H2,1H3,(H,26,31). The second kappa shape index (κ2) is 7.83. The number of nitrogens with one attached hydrogen (secondary N) is 1. The molecule has 8 heteroatoms. The zero-order valence-electron chi connectivity index (χ0n) is 17.3. The molecular weight excluding hydrogens is 446 g/mol. The van der Waals surface area contributed by atoms with E-state index in [1.165, 1.54) is 0 Å². The monoisotopic (exact) mass is 465 g/mol. The maximum absolute atomic E-state index is 13.3. The first kappa shape index (κ1) is 20.8. The van der Waals surface area contributed by atoms with Gasteiger partial charge in [-0.3, -0.25) is 14.5 Å². The van der Waals surface area contributed by atoms with Crippen molar-refractivity contribution in [1.82, 2.24) is 10.2 Å². The number of imide groups is 1. The van der Waals surface area contributed by atoms with Gasteiger partial charge in [0, 0.05) is 22.2 Å². The van der Waals surface area contributed by atoms with E-state index in [0.29, 0.717) is 22.8 Å². The van der Waals surface area contributed by atoms with Gasteiger partial charge in [-0.2, -0.15) is 0 Å². The number of benzene rings is 3. The molecule has 3 aromatic rings. The summed E-state index contributed by atoms with van der Waals surface area (Å²) in [6.45, 7) is 1.83. The summed E-state index contributed by atoms with van der Waals surface area (Å²) in [6, 6.07) is 18.3. The first-order valence-electron chi connectivity index (χ1n) is 10.2. The lowest BCUT2D eigenvalue weighted by Crippen LogP contribution is -2.46. The summed E-state index contributed by atoms with van der Waals surface area (Å²) in [4.78, 5) is 42.8. The minimum atomic E-state index is -1.24. The molecule has 0 radical (unpaired) electrons. The summed E-state index contributed by atoms with van der Waals surface area (Å²) >= 11 is 7.78. The van der Waals surface area contributed by atoms with Crippen LogP contribution in [0.1, 0.15) is 12.5 Å². The fourth-order valence-electron chi connectivity index (χ4n) is 4.21. The van der Waals surface area contributed by atoms with Crippen molar-refractivity contribution in [2.75, 3.05) is 23.7 Å². The van der Waals surface area contributed by atoms with Crippen molar-refractivity contribution in [3.8, 4) is 0 Å². The van der Waals surface area contributed by atoms with Crippen molar-refractivity contribution in [2.45, 2.75) is 17.4 Å². The van der Waals surface area contributed by atoms with Crippen molar-refractivity contribution in [3.05, 3.63) is 71.2 Å². The van der Waals surface area contributed by atoms with E-state index in [0.717, 1.165) is 26.3 Å². The van der Waals surface area contributed by atoms with Gasteiger partial charge < -0.3 is 10.2 Å². The molecule has 3 aromatic carbocycles. The second-order valence-electron chi connectivity index (χ2n) is 8.01.